The van der Waals surface area contributed by atoms with E-state index in [0.717, 1.165) is 19.0 Å². The lowest BCUT2D eigenvalue weighted by Gasteiger charge is -2.04. The van der Waals surface area contributed by atoms with Crippen molar-refractivity contribution in [3.63, 3.8) is 0 Å². The maximum absolute atomic E-state index is 14.1. The number of rotatable bonds is 3. The highest BCUT2D eigenvalue weighted by atomic mass is 19.1. The number of hydrogen-bond acceptors (Lipinski definition) is 6. The molecule has 2 aliphatic rings. The summed E-state index contributed by atoms with van der Waals surface area (Å²) in [5, 5.41) is 16.0. The number of carbonyl (C=O) groups is 1. The number of anilines is 1. The van der Waals surface area contributed by atoms with Crippen LogP contribution in [0.2, 0.25) is 0 Å². The Balaban J connectivity index is 1.49. The van der Waals surface area contributed by atoms with Crippen molar-refractivity contribution in [2.24, 2.45) is 0 Å². The zero-order chi connectivity index (χ0) is 20.5. The van der Waals surface area contributed by atoms with E-state index in [9.17, 15) is 13.6 Å². The van der Waals surface area contributed by atoms with Gasteiger partial charge in [-0.2, -0.15) is 5.10 Å². The largest absolute Gasteiger partial charge is 0.308 e. The van der Waals surface area contributed by atoms with Crippen LogP contribution in [0.5, 0.6) is 0 Å². The molecule has 1 N–H and O–H groups in total. The molecule has 0 saturated heterocycles. The van der Waals surface area contributed by atoms with Crippen LogP contribution in [0.25, 0.3) is 22.6 Å². The number of nitrogens with zero attached hydrogens (tertiary/aromatic N) is 6. The lowest BCUT2D eigenvalue weighted by molar-refractivity contribution is -0.117. The summed E-state index contributed by atoms with van der Waals surface area (Å²) >= 11 is 0. The first-order valence-electron chi connectivity index (χ1n) is 9.38. The molecule has 1 spiro atoms. The maximum Gasteiger partial charge on any atom is 0.238 e. The maximum atomic E-state index is 14.1. The Morgan fingerprint density at radius 3 is 2.80 bits per heavy atom. The van der Waals surface area contributed by atoms with Crippen LogP contribution in [-0.2, 0) is 16.8 Å². The molecule has 10 heteroatoms. The molecule has 8 nitrogen and oxygen atoms in total. The molecular weight excluding hydrogens is 392 g/mol. The number of fused-ring (bicyclic) bond motifs is 3. The molecule has 0 unspecified atom stereocenters. The normalized spacial score (nSPS) is 16.1. The molecule has 0 atom stereocenters. The molecule has 1 amide bonds. The molecule has 3 aromatic heterocycles. The Morgan fingerprint density at radius 1 is 1.17 bits per heavy atom. The minimum atomic E-state index is -0.603. The molecule has 4 heterocycles. The Labute approximate surface area is 168 Å². The van der Waals surface area contributed by atoms with Gasteiger partial charge in [-0.3, -0.25) is 4.79 Å². The lowest BCUT2D eigenvalue weighted by atomic mass is 10.1. The van der Waals surface area contributed by atoms with Gasteiger partial charge in [-0.05, 0) is 25.0 Å². The van der Waals surface area contributed by atoms with Crippen molar-refractivity contribution in [3.05, 3.63) is 59.4 Å². The number of nitrogens with one attached hydrogen (secondary N) is 1. The first kappa shape index (κ1) is 17.1. The summed E-state index contributed by atoms with van der Waals surface area (Å²) in [5.74, 6) is -0.564. The fourth-order valence-corrected chi connectivity index (χ4v) is 3.86. The molecular formula is C20H13F2N7O. The quantitative estimate of drug-likeness (QED) is 0.563. The summed E-state index contributed by atoms with van der Waals surface area (Å²) < 4.78 is 29.6. The second kappa shape index (κ2) is 5.85. The summed E-state index contributed by atoms with van der Waals surface area (Å²) in [6, 6.07) is 7.61. The highest BCUT2D eigenvalue weighted by Gasteiger charge is 2.58. The molecule has 30 heavy (non-hydrogen) atoms. The van der Waals surface area contributed by atoms with E-state index < -0.39 is 11.2 Å². The Morgan fingerprint density at radius 2 is 2.00 bits per heavy atom. The third-order valence-corrected chi connectivity index (χ3v) is 5.60. The third-order valence-electron chi connectivity index (χ3n) is 5.60. The van der Waals surface area contributed by atoms with Gasteiger partial charge in [0.25, 0.3) is 0 Å². The minimum Gasteiger partial charge on any atom is -0.308 e. The van der Waals surface area contributed by atoms with Crippen LogP contribution in [-0.4, -0.2) is 35.9 Å². The molecule has 1 fully saturated rings. The van der Waals surface area contributed by atoms with E-state index in [1.165, 1.54) is 16.8 Å². The van der Waals surface area contributed by atoms with Gasteiger partial charge in [0, 0.05) is 5.56 Å². The Bertz CT molecular complexity index is 1360. The number of carbonyl (C=O) groups excluding carboxylic acids is 1. The second-order valence-electron chi connectivity index (χ2n) is 7.49. The molecule has 6 rings (SSSR count). The van der Waals surface area contributed by atoms with Crippen LogP contribution in [0.1, 0.15) is 24.1 Å². The molecule has 148 valence electrons. The van der Waals surface area contributed by atoms with Crippen molar-refractivity contribution < 1.29 is 13.6 Å². The summed E-state index contributed by atoms with van der Waals surface area (Å²) in [5.41, 5.74) is 0.968. The van der Waals surface area contributed by atoms with E-state index in [0.29, 0.717) is 28.1 Å². The van der Waals surface area contributed by atoms with E-state index in [1.807, 2.05) is 0 Å². The van der Waals surface area contributed by atoms with Gasteiger partial charge in [-0.15, -0.1) is 10.2 Å². The van der Waals surface area contributed by atoms with Crippen molar-refractivity contribution in [2.45, 2.75) is 24.8 Å². The molecule has 1 aliphatic heterocycles. The summed E-state index contributed by atoms with van der Waals surface area (Å²) in [7, 11) is 0. The van der Waals surface area contributed by atoms with Gasteiger partial charge in [0.1, 0.15) is 23.0 Å². The topological polar surface area (TPSA) is 98.5 Å². The molecule has 1 saturated carbocycles. The molecule has 1 aromatic carbocycles. The molecule has 4 aromatic rings. The number of aromatic nitrogens is 6. The van der Waals surface area contributed by atoms with E-state index >= 15 is 0 Å². The average molecular weight is 405 g/mol. The monoisotopic (exact) mass is 405 g/mol. The van der Waals surface area contributed by atoms with Crippen LogP contribution >= 0.6 is 0 Å². The number of pyridine rings is 1. The summed E-state index contributed by atoms with van der Waals surface area (Å²) in [4.78, 5) is 20.8. The number of amides is 1. The van der Waals surface area contributed by atoms with E-state index in [4.69, 9.17) is 0 Å². The van der Waals surface area contributed by atoms with Gasteiger partial charge in [-0.25, -0.2) is 23.4 Å². The predicted octanol–water partition coefficient (Wildman–Crippen LogP) is 2.59. The Hall–Kier alpha value is -3.82. The highest BCUT2D eigenvalue weighted by molar-refractivity contribution is 6.06. The van der Waals surface area contributed by atoms with Crippen molar-refractivity contribution in [1.82, 2.24) is 29.9 Å². The van der Waals surface area contributed by atoms with Crippen LogP contribution in [0.3, 0.4) is 0 Å². The molecule has 0 radical (unpaired) electrons. The third kappa shape index (κ3) is 2.36. The van der Waals surface area contributed by atoms with Gasteiger partial charge in [0.15, 0.2) is 11.5 Å². The number of halogens is 2. The average Bonchev–Trinajstić information content (AvgIpc) is 3.40. The fourth-order valence-electron chi connectivity index (χ4n) is 3.86. The smallest absolute Gasteiger partial charge is 0.238 e. The van der Waals surface area contributed by atoms with Crippen molar-refractivity contribution in [3.8, 4) is 11.5 Å². The summed E-state index contributed by atoms with van der Waals surface area (Å²) in [6.45, 7) is 0.0972. The van der Waals surface area contributed by atoms with Crippen LogP contribution in [0.4, 0.5) is 14.6 Å². The minimum absolute atomic E-state index is 0.0972. The fraction of sp³-hybridized carbons (Fsp3) is 0.200. The van der Waals surface area contributed by atoms with Crippen LogP contribution in [0.15, 0.2) is 36.5 Å². The van der Waals surface area contributed by atoms with Gasteiger partial charge in [0.05, 0.1) is 23.5 Å². The van der Waals surface area contributed by atoms with Gasteiger partial charge in [0.2, 0.25) is 11.7 Å². The summed E-state index contributed by atoms with van der Waals surface area (Å²) in [6.07, 6.45) is 2.51. The zero-order valence-electron chi connectivity index (χ0n) is 15.4. The second-order valence-corrected chi connectivity index (χ2v) is 7.49. The van der Waals surface area contributed by atoms with E-state index in [1.54, 1.807) is 18.2 Å². The van der Waals surface area contributed by atoms with Crippen molar-refractivity contribution in [1.29, 1.82) is 0 Å². The van der Waals surface area contributed by atoms with Gasteiger partial charge < -0.3 is 5.32 Å². The zero-order valence-corrected chi connectivity index (χ0v) is 15.4. The van der Waals surface area contributed by atoms with E-state index in [-0.39, 0.29) is 29.8 Å². The van der Waals surface area contributed by atoms with Crippen LogP contribution < -0.4 is 5.32 Å². The standard InChI is InChI=1S/C20H13F2N7O/c21-11-7-12-14(16-24-17-15(26-27-16)20(5-6-20)19(30)25-17)28-29(18(12)23-8-11)9-10-3-1-2-4-13(10)22/h1-4,7-8H,5-6,9H2,(H,24,25,27,30). The van der Waals surface area contributed by atoms with E-state index in [2.05, 4.69) is 30.6 Å². The molecule has 0 bridgehead atoms. The van der Waals surface area contributed by atoms with Gasteiger partial charge in [-0.1, -0.05) is 18.2 Å². The van der Waals surface area contributed by atoms with Crippen LogP contribution in [0, 0.1) is 11.6 Å². The first-order valence-corrected chi connectivity index (χ1v) is 9.38. The van der Waals surface area contributed by atoms with Crippen molar-refractivity contribution in [2.75, 3.05) is 5.32 Å². The number of hydrogen-bond donors (Lipinski definition) is 1. The Kier molecular flexibility index (Phi) is 3.33. The molecule has 1 aliphatic carbocycles. The number of benzene rings is 1. The van der Waals surface area contributed by atoms with Crippen molar-refractivity contribution >= 4 is 22.8 Å². The van der Waals surface area contributed by atoms with Gasteiger partial charge >= 0.3 is 0 Å². The predicted molar refractivity (Wildman–Crippen MR) is 101 cm³/mol. The highest BCUT2D eigenvalue weighted by Crippen LogP contribution is 2.53. The first-order chi connectivity index (χ1) is 14.5. The SMILES string of the molecule is O=C1Nc2nc(-c3nn(Cc4ccccc4F)c4ncc(F)cc34)nnc2C12CC2. The lowest BCUT2D eigenvalue weighted by Crippen LogP contribution is -2.19.